The molecule has 4 N–H and O–H groups in total. The second-order valence-corrected chi connectivity index (χ2v) is 11.1. The van der Waals surface area contributed by atoms with Crippen LogP contribution in [0.4, 0.5) is 8.78 Å². The number of nitrogens with zero attached hydrogens (tertiary/aromatic N) is 6. The van der Waals surface area contributed by atoms with Crippen molar-refractivity contribution >= 4 is 15.6 Å². The van der Waals surface area contributed by atoms with Gasteiger partial charge in [-0.2, -0.15) is 23.1 Å². The Labute approximate surface area is 206 Å². The fourth-order valence-corrected chi connectivity index (χ4v) is 5.28. The molecule has 1 atom stereocenters. The third kappa shape index (κ3) is 4.48. The monoisotopic (exact) mass is 517 g/mol. The maximum atomic E-state index is 13.0. The summed E-state index contributed by atoms with van der Waals surface area (Å²) in [6, 6.07) is 3.14. The van der Waals surface area contributed by atoms with Gasteiger partial charge in [-0.05, 0) is 44.9 Å². The van der Waals surface area contributed by atoms with E-state index in [0.29, 0.717) is 45.7 Å². The topological polar surface area (TPSA) is 146 Å². The van der Waals surface area contributed by atoms with Crippen molar-refractivity contribution in [2.75, 3.05) is 0 Å². The summed E-state index contributed by atoms with van der Waals surface area (Å²) in [6.45, 7) is 1.12. The van der Waals surface area contributed by atoms with Gasteiger partial charge in [-0.25, -0.2) is 23.1 Å². The van der Waals surface area contributed by atoms with Crippen LogP contribution in [0.25, 0.3) is 17.0 Å². The van der Waals surface area contributed by atoms with E-state index in [1.807, 2.05) is 13.8 Å². The molecule has 1 unspecified atom stereocenters. The molecule has 0 saturated heterocycles. The van der Waals surface area contributed by atoms with Crippen LogP contribution in [0.2, 0.25) is 0 Å². The van der Waals surface area contributed by atoms with Gasteiger partial charge in [0, 0.05) is 35.9 Å². The van der Waals surface area contributed by atoms with Gasteiger partial charge >= 0.3 is 6.55 Å². The number of alkyl halides is 2. The van der Waals surface area contributed by atoms with Crippen molar-refractivity contribution in [3.8, 4) is 11.4 Å². The van der Waals surface area contributed by atoms with Crippen molar-refractivity contribution in [3.63, 3.8) is 0 Å². The largest absolute Gasteiger partial charge is 0.382 e. The first-order chi connectivity index (χ1) is 17.1. The molecular formula is C22H25F2N9O2S. The molecule has 3 aromatic heterocycles. The minimum absolute atomic E-state index is 0.0133. The number of hydrogen-bond donors (Lipinski definition) is 3. The molecule has 1 fully saturated rings. The summed E-state index contributed by atoms with van der Waals surface area (Å²) >= 11 is 0. The second kappa shape index (κ2) is 8.78. The Morgan fingerprint density at radius 3 is 2.72 bits per heavy atom. The van der Waals surface area contributed by atoms with Crippen LogP contribution in [0.1, 0.15) is 44.6 Å². The Morgan fingerprint density at radius 1 is 1.28 bits per heavy atom. The lowest BCUT2D eigenvalue weighted by Crippen LogP contribution is -2.50. The molecule has 3 aromatic rings. The highest BCUT2D eigenvalue weighted by molar-refractivity contribution is 7.90. The molecule has 0 amide bonds. The number of allylic oxidation sites excluding steroid dienone is 1. The number of hydrogen-bond acceptors (Lipinski definition) is 9. The fourth-order valence-electron chi connectivity index (χ4n) is 3.80. The summed E-state index contributed by atoms with van der Waals surface area (Å²) in [4.78, 5) is 8.83. The molecule has 0 aromatic carbocycles. The first kappa shape index (κ1) is 24.1. The molecule has 36 heavy (non-hydrogen) atoms. The summed E-state index contributed by atoms with van der Waals surface area (Å²) in [5.41, 5.74) is 7.74. The Balaban J connectivity index is 1.47. The molecule has 14 heteroatoms. The van der Waals surface area contributed by atoms with E-state index in [-0.39, 0.29) is 11.9 Å². The first-order valence-electron chi connectivity index (χ1n) is 11.3. The van der Waals surface area contributed by atoms with Gasteiger partial charge in [0.1, 0.15) is 0 Å². The number of halogens is 2. The summed E-state index contributed by atoms with van der Waals surface area (Å²) in [5.74, 6) is 0.258. The molecular weight excluding hydrogens is 492 g/mol. The van der Waals surface area contributed by atoms with E-state index >= 15 is 0 Å². The highest BCUT2D eigenvalue weighted by Crippen LogP contribution is 2.32. The molecule has 1 saturated carbocycles. The highest BCUT2D eigenvalue weighted by Gasteiger charge is 2.38. The van der Waals surface area contributed by atoms with Crippen molar-refractivity contribution in [1.82, 2.24) is 39.6 Å². The molecule has 0 spiro atoms. The van der Waals surface area contributed by atoms with E-state index in [9.17, 15) is 17.2 Å². The Bertz CT molecular complexity index is 1460. The fraction of sp³-hybridized carbons (Fsp3) is 0.364. The van der Waals surface area contributed by atoms with Crippen LogP contribution >= 0.6 is 0 Å². The highest BCUT2D eigenvalue weighted by atomic mass is 32.2. The third-order valence-electron chi connectivity index (χ3n) is 5.75. The minimum atomic E-state index is -3.52. The average molecular weight is 518 g/mol. The Morgan fingerprint density at radius 2 is 2.06 bits per heavy atom. The van der Waals surface area contributed by atoms with Crippen LogP contribution in [0.15, 0.2) is 54.9 Å². The summed E-state index contributed by atoms with van der Waals surface area (Å²) in [5, 5.41) is 13.9. The summed E-state index contributed by atoms with van der Waals surface area (Å²) < 4.78 is 52.6. The van der Waals surface area contributed by atoms with E-state index in [1.54, 1.807) is 18.3 Å². The lowest BCUT2D eigenvalue weighted by Gasteiger charge is -2.33. The number of aromatic nitrogens is 6. The van der Waals surface area contributed by atoms with Gasteiger partial charge in [0.05, 0.1) is 34.6 Å². The Hall–Kier alpha value is -3.65. The van der Waals surface area contributed by atoms with Crippen molar-refractivity contribution in [3.05, 3.63) is 66.3 Å². The van der Waals surface area contributed by atoms with Gasteiger partial charge in [0.15, 0.2) is 11.5 Å². The van der Waals surface area contributed by atoms with E-state index < -0.39 is 27.5 Å². The standard InChI is InChI=1S/C22H25F2N9O2S/c1-13(2)29-18-9-22(25,27-11-16(18)17-6-8-32(31-17)21(23)24)19-5-7-26-20(30-19)14-10-28-33(12-14)36(34,35)15-3-4-15/h5-13,15,21,27,29H,3-4,25H2,1-2H3. The van der Waals surface area contributed by atoms with Crippen molar-refractivity contribution in [2.24, 2.45) is 5.73 Å². The SMILES string of the molecule is CC(C)NC1=CC(N)(c2ccnc(-c3cnn(S(=O)(=O)C4CC4)c3)n2)NC=C1c1ccn(C(F)F)n1. The molecule has 1 aliphatic heterocycles. The van der Waals surface area contributed by atoms with E-state index in [0.717, 1.165) is 4.09 Å². The van der Waals surface area contributed by atoms with Gasteiger partial charge in [0.25, 0.3) is 10.0 Å². The molecule has 4 heterocycles. The number of nitrogens with one attached hydrogen (secondary N) is 2. The maximum absolute atomic E-state index is 13.0. The van der Waals surface area contributed by atoms with Crippen LogP contribution in [-0.4, -0.2) is 48.6 Å². The molecule has 190 valence electrons. The van der Waals surface area contributed by atoms with Crippen LogP contribution in [0, 0.1) is 0 Å². The molecule has 1 aliphatic carbocycles. The van der Waals surface area contributed by atoms with E-state index in [2.05, 4.69) is 30.8 Å². The predicted molar refractivity (Wildman–Crippen MR) is 127 cm³/mol. The summed E-state index contributed by atoms with van der Waals surface area (Å²) in [6.07, 6.45) is 10.1. The minimum Gasteiger partial charge on any atom is -0.382 e. The van der Waals surface area contributed by atoms with Gasteiger partial charge in [-0.1, -0.05) is 0 Å². The van der Waals surface area contributed by atoms with Crippen molar-refractivity contribution in [2.45, 2.75) is 50.2 Å². The van der Waals surface area contributed by atoms with Gasteiger partial charge < -0.3 is 16.4 Å². The smallest absolute Gasteiger partial charge is 0.333 e. The van der Waals surface area contributed by atoms with E-state index in [4.69, 9.17) is 5.73 Å². The molecule has 0 bridgehead atoms. The zero-order valence-corrected chi connectivity index (χ0v) is 20.3. The molecule has 5 rings (SSSR count). The quantitative estimate of drug-likeness (QED) is 0.408. The summed E-state index contributed by atoms with van der Waals surface area (Å²) in [7, 11) is -3.52. The van der Waals surface area contributed by atoms with E-state index in [1.165, 1.54) is 30.9 Å². The first-order valence-corrected chi connectivity index (χ1v) is 12.8. The average Bonchev–Trinajstić information content (AvgIpc) is 3.37. The number of nitrogens with two attached hydrogens (primary N) is 1. The normalized spacial score (nSPS) is 20.3. The maximum Gasteiger partial charge on any atom is 0.333 e. The zero-order chi connectivity index (χ0) is 25.7. The number of dihydropyridines is 1. The lowest BCUT2D eigenvalue weighted by molar-refractivity contribution is 0.0565. The second-order valence-electron chi connectivity index (χ2n) is 9.00. The van der Waals surface area contributed by atoms with Gasteiger partial charge in [-0.15, -0.1) is 0 Å². The van der Waals surface area contributed by atoms with Crippen LogP contribution in [-0.2, 0) is 15.7 Å². The van der Waals surface area contributed by atoms with Gasteiger partial charge in [0.2, 0.25) is 0 Å². The molecule has 2 aliphatic rings. The zero-order valence-electron chi connectivity index (χ0n) is 19.5. The number of rotatable bonds is 8. The van der Waals surface area contributed by atoms with Crippen molar-refractivity contribution < 1.29 is 17.2 Å². The van der Waals surface area contributed by atoms with Crippen molar-refractivity contribution in [1.29, 1.82) is 0 Å². The van der Waals surface area contributed by atoms with Gasteiger partial charge in [-0.3, -0.25) is 0 Å². The van der Waals surface area contributed by atoms with Crippen LogP contribution in [0.3, 0.4) is 0 Å². The predicted octanol–water partition coefficient (Wildman–Crippen LogP) is 1.91. The molecule has 11 nitrogen and oxygen atoms in total. The molecule has 0 radical (unpaired) electrons. The Kier molecular flexibility index (Phi) is 5.87. The van der Waals surface area contributed by atoms with Crippen LogP contribution in [0.5, 0.6) is 0 Å². The lowest BCUT2D eigenvalue weighted by atomic mass is 9.97. The van der Waals surface area contributed by atoms with Crippen LogP contribution < -0.4 is 16.4 Å². The third-order valence-corrected chi connectivity index (χ3v) is 7.79.